The fourth-order valence-corrected chi connectivity index (χ4v) is 3.82. The van der Waals surface area contributed by atoms with Gasteiger partial charge in [0.25, 0.3) is 5.91 Å². The number of benzene rings is 2. The van der Waals surface area contributed by atoms with E-state index < -0.39 is 6.04 Å². The first-order chi connectivity index (χ1) is 15.1. The van der Waals surface area contributed by atoms with Crippen LogP contribution in [0, 0.1) is 6.92 Å². The Morgan fingerprint density at radius 1 is 1.16 bits per heavy atom. The fraction of sp³-hybridized carbons (Fsp3) is 0.292. The molecule has 31 heavy (non-hydrogen) atoms. The molecular weight excluding hydrogens is 392 g/mol. The van der Waals surface area contributed by atoms with E-state index in [9.17, 15) is 9.59 Å². The second kappa shape index (κ2) is 9.14. The zero-order valence-corrected chi connectivity index (χ0v) is 17.7. The fourth-order valence-electron chi connectivity index (χ4n) is 3.82. The summed E-state index contributed by atoms with van der Waals surface area (Å²) in [6.45, 7) is 2.86. The van der Waals surface area contributed by atoms with Crippen LogP contribution in [0.5, 0.6) is 0 Å². The Morgan fingerprint density at radius 3 is 2.61 bits per heavy atom. The molecule has 7 nitrogen and oxygen atoms in total. The molecule has 1 aliphatic heterocycles. The smallest absolute Gasteiger partial charge is 0.251 e. The highest BCUT2D eigenvalue weighted by Crippen LogP contribution is 2.38. The number of anilines is 1. The van der Waals surface area contributed by atoms with Crippen molar-refractivity contribution >= 4 is 17.6 Å². The Hall–Kier alpha value is -3.45. The SMILES string of the molecule is COCc1nn2c(c1-c1ccc(C)cc1)NC(=O)C2CC(=O)NCCc1ccccc1. The third kappa shape index (κ3) is 4.51. The van der Waals surface area contributed by atoms with Crippen molar-refractivity contribution in [1.82, 2.24) is 15.1 Å². The number of nitrogens with one attached hydrogen (secondary N) is 2. The van der Waals surface area contributed by atoms with Crippen molar-refractivity contribution in [3.63, 3.8) is 0 Å². The first kappa shape index (κ1) is 20.8. The van der Waals surface area contributed by atoms with Gasteiger partial charge in [0.1, 0.15) is 11.9 Å². The van der Waals surface area contributed by atoms with Gasteiger partial charge in [-0.25, -0.2) is 4.68 Å². The average Bonchev–Trinajstić information content (AvgIpc) is 3.25. The van der Waals surface area contributed by atoms with E-state index in [0.29, 0.717) is 19.0 Å². The number of fused-ring (bicyclic) bond motifs is 1. The highest BCUT2D eigenvalue weighted by Gasteiger charge is 2.36. The summed E-state index contributed by atoms with van der Waals surface area (Å²) >= 11 is 0. The Labute approximate surface area is 181 Å². The predicted molar refractivity (Wildman–Crippen MR) is 119 cm³/mol. The van der Waals surface area contributed by atoms with Crippen molar-refractivity contribution in [3.05, 3.63) is 71.4 Å². The van der Waals surface area contributed by atoms with Crippen molar-refractivity contribution in [3.8, 4) is 11.1 Å². The standard InChI is InChI=1S/C24H26N4O3/c1-16-8-10-18(11-9-16)22-19(15-31-2)27-28-20(24(30)26-23(22)28)14-21(29)25-13-12-17-6-4-3-5-7-17/h3-11,20H,12-15H2,1-2H3,(H,25,29)(H,26,30). The lowest BCUT2D eigenvalue weighted by atomic mass is 10.0. The molecule has 4 rings (SSSR count). The molecule has 1 aromatic heterocycles. The number of amides is 2. The van der Waals surface area contributed by atoms with E-state index in [-0.39, 0.29) is 18.2 Å². The van der Waals surface area contributed by atoms with E-state index in [1.807, 2.05) is 61.5 Å². The van der Waals surface area contributed by atoms with Crippen molar-refractivity contribution in [2.75, 3.05) is 19.0 Å². The minimum absolute atomic E-state index is 0.0368. The minimum atomic E-state index is -0.679. The van der Waals surface area contributed by atoms with Crippen molar-refractivity contribution < 1.29 is 14.3 Å². The number of hydrogen-bond donors (Lipinski definition) is 2. The van der Waals surface area contributed by atoms with Gasteiger partial charge in [-0.05, 0) is 24.5 Å². The molecule has 2 heterocycles. The van der Waals surface area contributed by atoms with Gasteiger partial charge in [-0.1, -0.05) is 60.2 Å². The highest BCUT2D eigenvalue weighted by molar-refractivity contribution is 6.03. The van der Waals surface area contributed by atoms with Gasteiger partial charge in [0.05, 0.1) is 18.7 Å². The quantitative estimate of drug-likeness (QED) is 0.588. The first-order valence-electron chi connectivity index (χ1n) is 10.4. The molecule has 1 atom stereocenters. The summed E-state index contributed by atoms with van der Waals surface area (Å²) in [5, 5.41) is 10.5. The monoisotopic (exact) mass is 418 g/mol. The van der Waals surface area contributed by atoms with E-state index in [4.69, 9.17) is 4.74 Å². The molecular formula is C24H26N4O3. The van der Waals surface area contributed by atoms with Gasteiger partial charge in [-0.2, -0.15) is 5.10 Å². The molecule has 2 aromatic carbocycles. The largest absolute Gasteiger partial charge is 0.378 e. The topological polar surface area (TPSA) is 85.2 Å². The molecule has 0 bridgehead atoms. The molecule has 0 saturated heterocycles. The zero-order valence-electron chi connectivity index (χ0n) is 17.7. The number of hydrogen-bond acceptors (Lipinski definition) is 4. The van der Waals surface area contributed by atoms with E-state index in [2.05, 4.69) is 15.7 Å². The van der Waals surface area contributed by atoms with Gasteiger partial charge in [0, 0.05) is 19.2 Å². The number of carbonyl (C=O) groups is 2. The molecule has 160 valence electrons. The predicted octanol–water partition coefficient (Wildman–Crippen LogP) is 3.25. The van der Waals surface area contributed by atoms with Gasteiger partial charge in [-0.15, -0.1) is 0 Å². The van der Waals surface area contributed by atoms with Crippen LogP contribution in [0.25, 0.3) is 11.1 Å². The van der Waals surface area contributed by atoms with E-state index >= 15 is 0 Å². The molecule has 2 amide bonds. The lowest BCUT2D eigenvalue weighted by molar-refractivity contribution is -0.126. The molecule has 3 aromatic rings. The second-order valence-electron chi connectivity index (χ2n) is 7.71. The Morgan fingerprint density at radius 2 is 1.90 bits per heavy atom. The van der Waals surface area contributed by atoms with Crippen LogP contribution in [0.4, 0.5) is 5.82 Å². The maximum absolute atomic E-state index is 12.6. The maximum Gasteiger partial charge on any atom is 0.251 e. The number of ether oxygens (including phenoxy) is 1. The lowest BCUT2D eigenvalue weighted by Crippen LogP contribution is -2.30. The van der Waals surface area contributed by atoms with Crippen LogP contribution >= 0.6 is 0 Å². The van der Waals surface area contributed by atoms with Crippen molar-refractivity contribution in [1.29, 1.82) is 0 Å². The summed E-state index contributed by atoms with van der Waals surface area (Å²) in [5.74, 6) is 0.214. The van der Waals surface area contributed by atoms with Crippen LogP contribution in [-0.4, -0.2) is 35.2 Å². The van der Waals surface area contributed by atoms with Gasteiger partial charge in [0.2, 0.25) is 5.91 Å². The van der Waals surface area contributed by atoms with E-state index in [0.717, 1.165) is 34.4 Å². The summed E-state index contributed by atoms with van der Waals surface area (Å²) in [4.78, 5) is 25.2. The van der Waals surface area contributed by atoms with E-state index in [1.54, 1.807) is 11.8 Å². The Balaban J connectivity index is 1.50. The molecule has 0 aliphatic carbocycles. The third-order valence-corrected chi connectivity index (χ3v) is 5.40. The molecule has 0 fully saturated rings. The summed E-state index contributed by atoms with van der Waals surface area (Å²) in [6.07, 6.45) is 0.779. The van der Waals surface area contributed by atoms with E-state index in [1.165, 1.54) is 0 Å². The minimum Gasteiger partial charge on any atom is -0.378 e. The van der Waals surface area contributed by atoms with Crippen LogP contribution < -0.4 is 10.6 Å². The van der Waals surface area contributed by atoms with Crippen LogP contribution in [0.3, 0.4) is 0 Å². The van der Waals surface area contributed by atoms with Gasteiger partial charge >= 0.3 is 0 Å². The normalized spacial score (nSPS) is 14.9. The van der Waals surface area contributed by atoms with Crippen LogP contribution in [0.1, 0.15) is 29.3 Å². The number of rotatable bonds is 8. The molecule has 1 unspecified atom stereocenters. The van der Waals surface area contributed by atoms with Gasteiger partial charge in [-0.3, -0.25) is 9.59 Å². The van der Waals surface area contributed by atoms with Gasteiger partial charge in [0.15, 0.2) is 0 Å². The van der Waals surface area contributed by atoms with Crippen molar-refractivity contribution in [2.24, 2.45) is 0 Å². The molecule has 0 spiro atoms. The van der Waals surface area contributed by atoms with Crippen LogP contribution in [-0.2, 0) is 27.4 Å². The molecule has 1 aliphatic rings. The molecule has 2 N–H and O–H groups in total. The Bertz CT molecular complexity index is 1070. The van der Waals surface area contributed by atoms with Gasteiger partial charge < -0.3 is 15.4 Å². The number of nitrogens with zero attached hydrogens (tertiary/aromatic N) is 2. The highest BCUT2D eigenvalue weighted by atomic mass is 16.5. The number of carbonyl (C=O) groups excluding carboxylic acids is 2. The molecule has 0 saturated carbocycles. The van der Waals surface area contributed by atoms with Crippen molar-refractivity contribution in [2.45, 2.75) is 32.4 Å². The number of aryl methyl sites for hydroxylation is 1. The second-order valence-corrected chi connectivity index (χ2v) is 7.71. The Kier molecular flexibility index (Phi) is 6.13. The van der Waals surface area contributed by atoms with Crippen LogP contribution in [0.2, 0.25) is 0 Å². The molecule has 0 radical (unpaired) electrons. The summed E-state index contributed by atoms with van der Waals surface area (Å²) in [7, 11) is 1.61. The first-order valence-corrected chi connectivity index (χ1v) is 10.4. The maximum atomic E-state index is 12.6. The number of aromatic nitrogens is 2. The summed E-state index contributed by atoms with van der Waals surface area (Å²) < 4.78 is 6.95. The third-order valence-electron chi connectivity index (χ3n) is 5.40. The molecule has 7 heteroatoms. The lowest BCUT2D eigenvalue weighted by Gasteiger charge is -2.10. The van der Waals surface area contributed by atoms with Crippen LogP contribution in [0.15, 0.2) is 54.6 Å². The summed E-state index contributed by atoms with van der Waals surface area (Å²) in [6, 6.07) is 17.3. The average molecular weight is 418 g/mol. The zero-order chi connectivity index (χ0) is 21.8. The summed E-state index contributed by atoms with van der Waals surface area (Å²) in [5.41, 5.74) is 4.82. The number of methoxy groups -OCH3 is 1.